The molecule has 1 N–H and O–H groups in total. The number of ether oxygens (including phenoxy) is 2. The molecule has 2 atom stereocenters. The monoisotopic (exact) mass is 381 g/mol. The summed E-state index contributed by atoms with van der Waals surface area (Å²) in [4.78, 5) is 1.65. The van der Waals surface area contributed by atoms with Crippen molar-refractivity contribution in [3.63, 3.8) is 0 Å². The van der Waals surface area contributed by atoms with Gasteiger partial charge in [-0.3, -0.25) is 0 Å². The average molecular weight is 382 g/mol. The van der Waals surface area contributed by atoms with Gasteiger partial charge in [0.25, 0.3) is 0 Å². The van der Waals surface area contributed by atoms with Crippen LogP contribution in [0, 0.1) is 5.92 Å². The molecule has 25 heavy (non-hydrogen) atoms. The lowest BCUT2D eigenvalue weighted by Crippen LogP contribution is -2.45. The first kappa shape index (κ1) is 20.3. The van der Waals surface area contributed by atoms with Crippen LogP contribution in [0.25, 0.3) is 0 Å². The first-order chi connectivity index (χ1) is 11.8. The molecule has 1 aromatic carbocycles. The molecule has 0 bridgehead atoms. The first-order valence-electron chi connectivity index (χ1n) is 8.28. The maximum atomic E-state index is 12.8. The number of aliphatic hydroxyl groups is 1. The molecule has 2 rings (SSSR count). The predicted octanol–water partition coefficient (Wildman–Crippen LogP) is 3.37. The third-order valence-corrected chi connectivity index (χ3v) is 4.31. The third kappa shape index (κ3) is 7.40. The number of alkyl halides is 3. The standard InChI is InChI=1S/C17H23ClF3NO3/c18-14-3-5-16(6-4-14)25-9-8-24-12-15(23)11-22-7-1-2-13(10-22)17(19,20)21/h3-6,13,15,23H,1-2,7-12H2. The molecule has 1 aliphatic rings. The van der Waals surface area contributed by atoms with E-state index in [1.54, 1.807) is 29.2 Å². The predicted molar refractivity (Wildman–Crippen MR) is 89.0 cm³/mol. The van der Waals surface area contributed by atoms with Gasteiger partial charge in [-0.25, -0.2) is 0 Å². The van der Waals surface area contributed by atoms with Gasteiger partial charge >= 0.3 is 6.18 Å². The molecule has 0 spiro atoms. The lowest BCUT2D eigenvalue weighted by molar-refractivity contribution is -0.187. The Morgan fingerprint density at radius 3 is 2.64 bits per heavy atom. The van der Waals surface area contributed by atoms with Crippen LogP contribution in [0.4, 0.5) is 13.2 Å². The van der Waals surface area contributed by atoms with Crippen molar-refractivity contribution in [3.8, 4) is 5.75 Å². The van der Waals surface area contributed by atoms with Gasteiger partial charge in [-0.15, -0.1) is 0 Å². The van der Waals surface area contributed by atoms with E-state index in [4.69, 9.17) is 21.1 Å². The normalized spacial score (nSPS) is 20.4. The second kappa shape index (κ2) is 9.62. The minimum absolute atomic E-state index is 0.0553. The fourth-order valence-corrected chi connectivity index (χ4v) is 2.93. The number of piperidine rings is 1. The Morgan fingerprint density at radius 2 is 1.96 bits per heavy atom. The Morgan fingerprint density at radius 1 is 1.24 bits per heavy atom. The van der Waals surface area contributed by atoms with Crippen molar-refractivity contribution < 1.29 is 27.8 Å². The molecule has 0 radical (unpaired) electrons. The van der Waals surface area contributed by atoms with Gasteiger partial charge in [0.2, 0.25) is 0 Å². The summed E-state index contributed by atoms with van der Waals surface area (Å²) < 4.78 is 49.1. The van der Waals surface area contributed by atoms with Crippen molar-refractivity contribution in [3.05, 3.63) is 29.3 Å². The number of hydrogen-bond acceptors (Lipinski definition) is 4. The van der Waals surface area contributed by atoms with E-state index >= 15 is 0 Å². The minimum atomic E-state index is -4.17. The Bertz CT molecular complexity index is 513. The summed E-state index contributed by atoms with van der Waals surface area (Å²) in [7, 11) is 0. The number of β-amino-alcohol motifs (C(OH)–C–C–N with tert-alkyl or cyclic N) is 1. The zero-order valence-corrected chi connectivity index (χ0v) is 14.6. The van der Waals surface area contributed by atoms with Crippen LogP contribution in [0.2, 0.25) is 5.02 Å². The maximum Gasteiger partial charge on any atom is 0.393 e. The Hall–Kier alpha value is -1.02. The number of likely N-dealkylation sites (tertiary alicyclic amines) is 1. The summed E-state index contributed by atoms with van der Waals surface area (Å²) in [5.74, 6) is -0.637. The van der Waals surface area contributed by atoms with Crippen LogP contribution in [0.3, 0.4) is 0 Å². The van der Waals surface area contributed by atoms with E-state index in [9.17, 15) is 18.3 Å². The molecule has 2 unspecified atom stereocenters. The molecule has 1 fully saturated rings. The van der Waals surface area contributed by atoms with E-state index in [1.807, 2.05) is 0 Å². The van der Waals surface area contributed by atoms with Gasteiger partial charge in [0.05, 0.1) is 25.2 Å². The highest BCUT2D eigenvalue weighted by molar-refractivity contribution is 6.30. The smallest absolute Gasteiger partial charge is 0.393 e. The molecule has 1 aliphatic heterocycles. The fraction of sp³-hybridized carbons (Fsp3) is 0.647. The molecule has 0 amide bonds. The Labute approximate surface area is 150 Å². The number of nitrogens with zero attached hydrogens (tertiary/aromatic N) is 1. The summed E-state index contributed by atoms with van der Waals surface area (Å²) >= 11 is 5.77. The van der Waals surface area contributed by atoms with Gasteiger partial charge in [-0.05, 0) is 43.7 Å². The van der Waals surface area contributed by atoms with E-state index in [1.165, 1.54) is 0 Å². The first-order valence-corrected chi connectivity index (χ1v) is 8.65. The maximum absolute atomic E-state index is 12.8. The van der Waals surface area contributed by atoms with Crippen molar-refractivity contribution in [2.45, 2.75) is 25.1 Å². The zero-order valence-electron chi connectivity index (χ0n) is 13.8. The molecule has 1 aromatic rings. The highest BCUT2D eigenvalue weighted by atomic mass is 35.5. The fourth-order valence-electron chi connectivity index (χ4n) is 2.81. The van der Waals surface area contributed by atoms with Crippen LogP contribution >= 0.6 is 11.6 Å². The minimum Gasteiger partial charge on any atom is -0.491 e. The van der Waals surface area contributed by atoms with E-state index in [2.05, 4.69) is 0 Å². The summed E-state index contributed by atoms with van der Waals surface area (Å²) in [6.45, 7) is 1.37. The molecule has 0 saturated carbocycles. The van der Waals surface area contributed by atoms with Gasteiger partial charge < -0.3 is 19.5 Å². The molecular formula is C17H23ClF3NO3. The quantitative estimate of drug-likeness (QED) is 0.701. The van der Waals surface area contributed by atoms with Gasteiger partial charge in [-0.2, -0.15) is 13.2 Å². The van der Waals surface area contributed by atoms with Crippen LogP contribution < -0.4 is 4.74 Å². The Balaban J connectivity index is 1.59. The Kier molecular flexibility index (Phi) is 7.81. The van der Waals surface area contributed by atoms with Crippen LogP contribution in [-0.4, -0.2) is 61.7 Å². The summed E-state index contributed by atoms with van der Waals surface area (Å²) in [6.07, 6.45) is -4.33. The van der Waals surface area contributed by atoms with Gasteiger partial charge in [0.1, 0.15) is 12.4 Å². The van der Waals surface area contributed by atoms with Crippen molar-refractivity contribution in [1.29, 1.82) is 0 Å². The van der Waals surface area contributed by atoms with Crippen LogP contribution in [-0.2, 0) is 4.74 Å². The average Bonchev–Trinajstić information content (AvgIpc) is 2.56. The largest absolute Gasteiger partial charge is 0.491 e. The van der Waals surface area contributed by atoms with E-state index < -0.39 is 18.2 Å². The number of halogens is 4. The molecule has 0 aliphatic carbocycles. The molecule has 8 heteroatoms. The van der Waals surface area contributed by atoms with Crippen LogP contribution in [0.15, 0.2) is 24.3 Å². The second-order valence-corrected chi connectivity index (χ2v) is 6.61. The van der Waals surface area contributed by atoms with Crippen molar-refractivity contribution in [1.82, 2.24) is 4.90 Å². The lowest BCUT2D eigenvalue weighted by Gasteiger charge is -2.34. The summed E-state index contributed by atoms with van der Waals surface area (Å²) in [5, 5.41) is 10.6. The molecule has 0 aromatic heterocycles. The second-order valence-electron chi connectivity index (χ2n) is 6.17. The summed E-state index contributed by atoms with van der Waals surface area (Å²) in [6, 6.07) is 6.91. The van der Waals surface area contributed by atoms with Crippen LogP contribution in [0.1, 0.15) is 12.8 Å². The van der Waals surface area contributed by atoms with Gasteiger partial charge in [0, 0.05) is 18.1 Å². The molecule has 1 heterocycles. The van der Waals surface area contributed by atoms with E-state index in [-0.39, 0.29) is 32.7 Å². The van der Waals surface area contributed by atoms with Crippen LogP contribution in [0.5, 0.6) is 5.75 Å². The highest BCUT2D eigenvalue weighted by Crippen LogP contribution is 2.33. The SMILES string of the molecule is OC(COCCOc1ccc(Cl)cc1)CN1CCCC(C(F)(F)F)C1. The van der Waals surface area contributed by atoms with Gasteiger partial charge in [0.15, 0.2) is 0 Å². The zero-order chi connectivity index (χ0) is 18.3. The number of rotatable bonds is 8. The lowest BCUT2D eigenvalue weighted by atomic mass is 9.97. The topological polar surface area (TPSA) is 41.9 Å². The number of aliphatic hydroxyl groups excluding tert-OH is 1. The van der Waals surface area contributed by atoms with Crippen molar-refractivity contribution in [2.24, 2.45) is 5.92 Å². The molecule has 4 nitrogen and oxygen atoms in total. The van der Waals surface area contributed by atoms with E-state index in [0.717, 1.165) is 0 Å². The number of benzene rings is 1. The van der Waals surface area contributed by atoms with Crippen molar-refractivity contribution >= 4 is 11.6 Å². The van der Waals surface area contributed by atoms with Crippen molar-refractivity contribution in [2.75, 3.05) is 39.5 Å². The third-order valence-electron chi connectivity index (χ3n) is 4.06. The molecule has 142 valence electrons. The molecule has 1 saturated heterocycles. The van der Waals surface area contributed by atoms with E-state index in [0.29, 0.717) is 30.3 Å². The van der Waals surface area contributed by atoms with Gasteiger partial charge in [-0.1, -0.05) is 11.6 Å². The highest BCUT2D eigenvalue weighted by Gasteiger charge is 2.41. The molecular weight excluding hydrogens is 359 g/mol. The summed E-state index contributed by atoms with van der Waals surface area (Å²) in [5.41, 5.74) is 0. The number of hydrogen-bond donors (Lipinski definition) is 1.